The maximum atomic E-state index is 13.9. The van der Waals surface area contributed by atoms with E-state index in [1.807, 2.05) is 0 Å². The zero-order valence-electron chi connectivity index (χ0n) is 12.1. The molecule has 0 unspecified atom stereocenters. The normalized spacial score (nSPS) is 14.2. The number of nitrogens with one attached hydrogen (secondary N) is 2. The largest absolute Gasteiger partial charge is 0.340 e. The Morgan fingerprint density at radius 2 is 2.29 bits per heavy atom. The number of urea groups is 1. The third-order valence-corrected chi connectivity index (χ3v) is 3.39. The van der Waals surface area contributed by atoms with Gasteiger partial charge >= 0.3 is 6.03 Å². The van der Waals surface area contributed by atoms with Crippen molar-refractivity contribution < 1.29 is 14.0 Å². The van der Waals surface area contributed by atoms with Gasteiger partial charge in [-0.3, -0.25) is 9.69 Å². The summed E-state index contributed by atoms with van der Waals surface area (Å²) >= 11 is 0. The molecule has 1 saturated heterocycles. The van der Waals surface area contributed by atoms with Gasteiger partial charge < -0.3 is 15.5 Å². The Morgan fingerprint density at radius 3 is 2.90 bits per heavy atom. The number of carbonyl (C=O) groups is 2. The Hall–Kier alpha value is -2.15. The summed E-state index contributed by atoms with van der Waals surface area (Å²) in [6, 6.07) is 3.92. The average molecular weight is 294 g/mol. The van der Waals surface area contributed by atoms with Crippen molar-refractivity contribution in [1.29, 1.82) is 0 Å². The van der Waals surface area contributed by atoms with Crippen LogP contribution in [-0.2, 0) is 0 Å². The third-order valence-electron chi connectivity index (χ3n) is 3.39. The molecule has 0 saturated carbocycles. The maximum absolute atomic E-state index is 13.9. The number of anilines is 1. The highest BCUT2D eigenvalue weighted by Crippen LogP contribution is 2.21. The highest BCUT2D eigenvalue weighted by Gasteiger charge is 2.24. The predicted octanol–water partition coefficient (Wildman–Crippen LogP) is 0.647. The number of halogens is 1. The monoisotopic (exact) mass is 294 g/mol. The molecule has 1 aromatic rings. The molecule has 2 N–H and O–H groups in total. The Balaban J connectivity index is 2.22. The standard InChI is InChI=1S/C14H19FN4O2/c1-16-5-7-18(2)13(20)11-9-10(3-4-12(11)15)19-8-6-17-14(19)21/h3-4,9,16H,5-8H2,1-2H3,(H,17,21). The Morgan fingerprint density at radius 1 is 1.52 bits per heavy atom. The van der Waals surface area contributed by atoms with Gasteiger partial charge in [0.25, 0.3) is 5.91 Å². The molecule has 3 amide bonds. The number of carbonyl (C=O) groups excluding carboxylic acids is 2. The second-order valence-corrected chi connectivity index (χ2v) is 4.88. The fourth-order valence-corrected chi connectivity index (χ4v) is 2.15. The summed E-state index contributed by atoms with van der Waals surface area (Å²) < 4.78 is 13.9. The molecular weight excluding hydrogens is 275 g/mol. The fraction of sp³-hybridized carbons (Fsp3) is 0.429. The van der Waals surface area contributed by atoms with Crippen molar-refractivity contribution in [3.8, 4) is 0 Å². The molecule has 6 nitrogen and oxygen atoms in total. The summed E-state index contributed by atoms with van der Waals surface area (Å²) in [5, 5.41) is 5.60. The van der Waals surface area contributed by atoms with E-state index in [-0.39, 0.29) is 11.6 Å². The molecule has 2 rings (SSSR count). The van der Waals surface area contributed by atoms with Crippen molar-refractivity contribution in [2.45, 2.75) is 0 Å². The average Bonchev–Trinajstić information content (AvgIpc) is 2.90. The molecule has 1 heterocycles. The van der Waals surface area contributed by atoms with E-state index in [1.165, 1.54) is 28.0 Å². The number of benzene rings is 1. The summed E-state index contributed by atoms with van der Waals surface area (Å²) in [6.45, 7) is 2.15. The third kappa shape index (κ3) is 3.30. The highest BCUT2D eigenvalue weighted by atomic mass is 19.1. The maximum Gasteiger partial charge on any atom is 0.321 e. The van der Waals surface area contributed by atoms with Crippen LogP contribution in [-0.4, -0.2) is 57.1 Å². The molecule has 1 aliphatic heterocycles. The zero-order chi connectivity index (χ0) is 15.4. The van der Waals surface area contributed by atoms with E-state index < -0.39 is 11.7 Å². The van der Waals surface area contributed by atoms with Crippen LogP contribution in [0.25, 0.3) is 0 Å². The molecule has 0 spiro atoms. The van der Waals surface area contributed by atoms with E-state index in [4.69, 9.17) is 0 Å². The van der Waals surface area contributed by atoms with Gasteiger partial charge in [0.1, 0.15) is 5.82 Å². The summed E-state index contributed by atoms with van der Waals surface area (Å²) in [5.41, 5.74) is 0.502. The van der Waals surface area contributed by atoms with Gasteiger partial charge in [-0.05, 0) is 25.2 Å². The van der Waals surface area contributed by atoms with E-state index in [1.54, 1.807) is 14.1 Å². The van der Waals surface area contributed by atoms with E-state index in [9.17, 15) is 14.0 Å². The van der Waals surface area contributed by atoms with E-state index in [2.05, 4.69) is 10.6 Å². The molecule has 0 atom stereocenters. The molecule has 1 aromatic carbocycles. The first-order chi connectivity index (χ1) is 10.0. The minimum atomic E-state index is -0.584. The molecule has 0 aromatic heterocycles. The summed E-state index contributed by atoms with van der Waals surface area (Å²) in [4.78, 5) is 26.8. The van der Waals surface area contributed by atoms with Crippen molar-refractivity contribution in [3.63, 3.8) is 0 Å². The number of rotatable bonds is 5. The van der Waals surface area contributed by atoms with Crippen LogP contribution < -0.4 is 15.5 Å². The summed E-state index contributed by atoms with van der Waals surface area (Å²) in [7, 11) is 3.40. The molecule has 0 radical (unpaired) electrons. The number of likely N-dealkylation sites (N-methyl/N-ethyl adjacent to an activating group) is 2. The van der Waals surface area contributed by atoms with Crippen molar-refractivity contribution in [1.82, 2.24) is 15.5 Å². The highest BCUT2D eigenvalue weighted by molar-refractivity contribution is 5.98. The van der Waals surface area contributed by atoms with Crippen molar-refractivity contribution in [3.05, 3.63) is 29.6 Å². The lowest BCUT2D eigenvalue weighted by molar-refractivity contribution is 0.0792. The first kappa shape index (κ1) is 15.2. The number of amides is 3. The fourth-order valence-electron chi connectivity index (χ4n) is 2.15. The Bertz CT molecular complexity index is 550. The van der Waals surface area contributed by atoms with Crippen LogP contribution in [0.2, 0.25) is 0 Å². The van der Waals surface area contributed by atoms with Gasteiger partial charge in [-0.25, -0.2) is 9.18 Å². The molecular formula is C14H19FN4O2. The lowest BCUT2D eigenvalue weighted by Crippen LogP contribution is -2.33. The first-order valence-corrected chi connectivity index (χ1v) is 6.79. The van der Waals surface area contributed by atoms with Crippen LogP contribution in [0, 0.1) is 5.82 Å². The zero-order valence-corrected chi connectivity index (χ0v) is 12.1. The number of hydrogen-bond acceptors (Lipinski definition) is 3. The van der Waals surface area contributed by atoms with E-state index in [0.29, 0.717) is 31.9 Å². The van der Waals surface area contributed by atoms with Crippen LogP contribution in [0.15, 0.2) is 18.2 Å². The van der Waals surface area contributed by atoms with Gasteiger partial charge in [0.15, 0.2) is 0 Å². The lowest BCUT2D eigenvalue weighted by atomic mass is 10.1. The van der Waals surface area contributed by atoms with Gasteiger partial charge in [-0.2, -0.15) is 0 Å². The van der Waals surface area contributed by atoms with Gasteiger partial charge in [-0.15, -0.1) is 0 Å². The van der Waals surface area contributed by atoms with Gasteiger partial charge in [0, 0.05) is 38.9 Å². The van der Waals surface area contributed by atoms with Gasteiger partial charge in [-0.1, -0.05) is 0 Å². The Labute approximate surface area is 122 Å². The number of nitrogens with zero attached hydrogens (tertiary/aromatic N) is 2. The van der Waals surface area contributed by atoms with E-state index >= 15 is 0 Å². The number of hydrogen-bond donors (Lipinski definition) is 2. The van der Waals surface area contributed by atoms with Crippen LogP contribution >= 0.6 is 0 Å². The lowest BCUT2D eigenvalue weighted by Gasteiger charge is -2.19. The smallest absolute Gasteiger partial charge is 0.321 e. The first-order valence-electron chi connectivity index (χ1n) is 6.79. The second kappa shape index (κ2) is 6.53. The summed E-state index contributed by atoms with van der Waals surface area (Å²) in [5.74, 6) is -0.983. The van der Waals surface area contributed by atoms with Crippen molar-refractivity contribution in [2.24, 2.45) is 0 Å². The molecule has 1 aliphatic rings. The topological polar surface area (TPSA) is 64.7 Å². The minimum absolute atomic E-state index is 0.0224. The van der Waals surface area contributed by atoms with E-state index in [0.717, 1.165) is 0 Å². The second-order valence-electron chi connectivity index (χ2n) is 4.88. The molecule has 21 heavy (non-hydrogen) atoms. The van der Waals surface area contributed by atoms with Crippen molar-refractivity contribution in [2.75, 3.05) is 45.2 Å². The Kier molecular flexibility index (Phi) is 4.74. The minimum Gasteiger partial charge on any atom is -0.340 e. The quantitative estimate of drug-likeness (QED) is 0.838. The SMILES string of the molecule is CNCCN(C)C(=O)c1cc(N2CCNC2=O)ccc1F. The molecule has 0 bridgehead atoms. The van der Waals surface area contributed by atoms with Crippen LogP contribution in [0.4, 0.5) is 14.9 Å². The van der Waals surface area contributed by atoms with Gasteiger partial charge in [0.2, 0.25) is 0 Å². The molecule has 1 fully saturated rings. The van der Waals surface area contributed by atoms with Crippen LogP contribution in [0.5, 0.6) is 0 Å². The van der Waals surface area contributed by atoms with Crippen molar-refractivity contribution >= 4 is 17.6 Å². The van der Waals surface area contributed by atoms with Crippen LogP contribution in [0.3, 0.4) is 0 Å². The molecule has 0 aliphatic carbocycles. The molecule has 114 valence electrons. The van der Waals surface area contributed by atoms with Crippen LogP contribution in [0.1, 0.15) is 10.4 Å². The van der Waals surface area contributed by atoms with Gasteiger partial charge in [0.05, 0.1) is 5.56 Å². The summed E-state index contributed by atoms with van der Waals surface area (Å²) in [6.07, 6.45) is 0. The predicted molar refractivity (Wildman–Crippen MR) is 78.0 cm³/mol. The molecule has 7 heteroatoms.